The highest BCUT2D eigenvalue weighted by Crippen LogP contribution is 2.19. The van der Waals surface area contributed by atoms with Crippen LogP contribution in [-0.2, 0) is 11.3 Å². The van der Waals surface area contributed by atoms with E-state index < -0.39 is 5.97 Å². The zero-order chi connectivity index (χ0) is 13.1. The molecule has 2 heterocycles. The van der Waals surface area contributed by atoms with E-state index in [0.29, 0.717) is 4.88 Å². The molecule has 0 saturated carbocycles. The van der Waals surface area contributed by atoms with Gasteiger partial charge in [-0.1, -0.05) is 0 Å². The molecule has 1 saturated heterocycles. The van der Waals surface area contributed by atoms with Crippen molar-refractivity contribution in [2.75, 3.05) is 26.2 Å². The molecule has 1 fully saturated rings. The molecule has 0 bridgehead atoms. The van der Waals surface area contributed by atoms with Crippen LogP contribution in [0, 0.1) is 0 Å². The van der Waals surface area contributed by atoms with Crippen molar-refractivity contribution in [3.8, 4) is 0 Å². The number of hydrogen-bond acceptors (Lipinski definition) is 4. The third-order valence-electron chi connectivity index (χ3n) is 3.07. The Morgan fingerprint density at radius 3 is 2.44 bits per heavy atom. The first kappa shape index (κ1) is 13.0. The van der Waals surface area contributed by atoms with Gasteiger partial charge in [0.2, 0.25) is 5.91 Å². The highest BCUT2D eigenvalue weighted by atomic mass is 32.1. The second kappa shape index (κ2) is 5.49. The third-order valence-corrected chi connectivity index (χ3v) is 4.13. The largest absolute Gasteiger partial charge is 0.477 e. The minimum Gasteiger partial charge on any atom is -0.477 e. The summed E-state index contributed by atoms with van der Waals surface area (Å²) in [5, 5.41) is 8.85. The maximum absolute atomic E-state index is 11.2. The molecule has 0 atom stereocenters. The summed E-state index contributed by atoms with van der Waals surface area (Å²) in [6, 6.07) is 3.51. The van der Waals surface area contributed by atoms with E-state index in [2.05, 4.69) is 4.90 Å². The lowest BCUT2D eigenvalue weighted by molar-refractivity contribution is -0.130. The number of amides is 1. The summed E-state index contributed by atoms with van der Waals surface area (Å²) in [6.07, 6.45) is 0. The van der Waals surface area contributed by atoms with Crippen LogP contribution in [0.4, 0.5) is 0 Å². The topological polar surface area (TPSA) is 60.9 Å². The molecular weight excluding hydrogens is 252 g/mol. The fourth-order valence-corrected chi connectivity index (χ4v) is 2.91. The Labute approximate surface area is 110 Å². The number of carboxylic acid groups (broad SMARTS) is 1. The summed E-state index contributed by atoms with van der Waals surface area (Å²) in [5.74, 6) is -0.744. The number of nitrogens with zero attached hydrogens (tertiary/aromatic N) is 2. The first-order valence-electron chi connectivity index (χ1n) is 5.86. The normalized spacial score (nSPS) is 16.8. The van der Waals surface area contributed by atoms with Crippen LogP contribution >= 0.6 is 11.3 Å². The molecule has 98 valence electrons. The average Bonchev–Trinajstić information content (AvgIpc) is 2.78. The lowest BCUT2D eigenvalue weighted by Crippen LogP contribution is -2.47. The summed E-state index contributed by atoms with van der Waals surface area (Å²) in [6.45, 7) is 5.57. The predicted octanol–water partition coefficient (Wildman–Crippen LogP) is 1.11. The molecule has 5 nitrogen and oxygen atoms in total. The quantitative estimate of drug-likeness (QED) is 0.892. The first-order valence-corrected chi connectivity index (χ1v) is 6.68. The van der Waals surface area contributed by atoms with E-state index in [0.717, 1.165) is 37.6 Å². The maximum Gasteiger partial charge on any atom is 0.345 e. The minimum absolute atomic E-state index is 0.124. The van der Waals surface area contributed by atoms with Gasteiger partial charge >= 0.3 is 5.97 Å². The second-order valence-electron chi connectivity index (χ2n) is 4.35. The van der Waals surface area contributed by atoms with Gasteiger partial charge in [-0.05, 0) is 12.1 Å². The number of carboxylic acids is 1. The van der Waals surface area contributed by atoms with Crippen LogP contribution in [0.5, 0.6) is 0 Å². The maximum atomic E-state index is 11.2. The van der Waals surface area contributed by atoms with E-state index in [9.17, 15) is 9.59 Å². The van der Waals surface area contributed by atoms with Crippen molar-refractivity contribution < 1.29 is 14.7 Å². The minimum atomic E-state index is -0.868. The molecule has 0 aliphatic carbocycles. The van der Waals surface area contributed by atoms with E-state index in [1.54, 1.807) is 13.0 Å². The van der Waals surface area contributed by atoms with E-state index in [1.807, 2.05) is 11.0 Å². The molecule has 1 aromatic heterocycles. The molecule has 1 aliphatic heterocycles. The molecule has 18 heavy (non-hydrogen) atoms. The number of piperazine rings is 1. The van der Waals surface area contributed by atoms with Gasteiger partial charge in [0.05, 0.1) is 0 Å². The molecule has 0 aromatic carbocycles. The highest BCUT2D eigenvalue weighted by molar-refractivity contribution is 7.13. The van der Waals surface area contributed by atoms with Gasteiger partial charge in [0.1, 0.15) is 4.88 Å². The summed E-state index contributed by atoms with van der Waals surface area (Å²) in [4.78, 5) is 27.5. The Kier molecular flexibility index (Phi) is 3.98. The lowest BCUT2D eigenvalue weighted by atomic mass is 10.3. The van der Waals surface area contributed by atoms with Crippen LogP contribution in [0.1, 0.15) is 21.5 Å². The molecule has 0 radical (unpaired) electrons. The molecule has 2 rings (SSSR count). The molecule has 6 heteroatoms. The van der Waals surface area contributed by atoms with E-state index >= 15 is 0 Å². The van der Waals surface area contributed by atoms with Crippen molar-refractivity contribution in [3.63, 3.8) is 0 Å². The summed E-state index contributed by atoms with van der Waals surface area (Å²) >= 11 is 1.32. The lowest BCUT2D eigenvalue weighted by Gasteiger charge is -2.33. The number of aromatic carboxylic acids is 1. The van der Waals surface area contributed by atoms with Crippen LogP contribution in [0.25, 0.3) is 0 Å². The first-order chi connectivity index (χ1) is 8.56. The molecule has 0 unspecified atom stereocenters. The van der Waals surface area contributed by atoms with Crippen LogP contribution in [0.15, 0.2) is 12.1 Å². The van der Waals surface area contributed by atoms with Crippen LogP contribution in [0.2, 0.25) is 0 Å². The summed E-state index contributed by atoms with van der Waals surface area (Å²) < 4.78 is 0. The zero-order valence-corrected chi connectivity index (χ0v) is 11.1. The Morgan fingerprint density at radius 2 is 1.94 bits per heavy atom. The van der Waals surface area contributed by atoms with Crippen molar-refractivity contribution in [1.82, 2.24) is 9.80 Å². The van der Waals surface area contributed by atoms with Crippen molar-refractivity contribution in [2.45, 2.75) is 13.5 Å². The van der Waals surface area contributed by atoms with Gasteiger partial charge < -0.3 is 10.0 Å². The van der Waals surface area contributed by atoms with Gasteiger partial charge in [0, 0.05) is 44.5 Å². The van der Waals surface area contributed by atoms with E-state index in [1.165, 1.54) is 11.3 Å². The number of hydrogen-bond donors (Lipinski definition) is 1. The van der Waals surface area contributed by atoms with Crippen molar-refractivity contribution in [1.29, 1.82) is 0 Å². The van der Waals surface area contributed by atoms with Crippen molar-refractivity contribution in [2.24, 2.45) is 0 Å². The van der Waals surface area contributed by atoms with Gasteiger partial charge in [-0.25, -0.2) is 4.79 Å². The standard InChI is InChI=1S/C12H16N2O3S/c1-9(15)14-6-4-13(5-7-14)8-10-2-3-11(18-10)12(16)17/h2-3H,4-8H2,1H3,(H,16,17). The van der Waals surface area contributed by atoms with E-state index in [4.69, 9.17) is 5.11 Å². The highest BCUT2D eigenvalue weighted by Gasteiger charge is 2.19. The predicted molar refractivity (Wildman–Crippen MR) is 68.8 cm³/mol. The van der Waals surface area contributed by atoms with Gasteiger partial charge in [-0.15, -0.1) is 11.3 Å². The van der Waals surface area contributed by atoms with Crippen LogP contribution in [-0.4, -0.2) is 53.0 Å². The summed E-state index contributed by atoms with van der Waals surface area (Å²) in [5.41, 5.74) is 0. The number of carbonyl (C=O) groups is 2. The second-order valence-corrected chi connectivity index (χ2v) is 5.52. The Hall–Kier alpha value is -1.40. The molecule has 1 aliphatic rings. The number of rotatable bonds is 3. The van der Waals surface area contributed by atoms with Gasteiger partial charge in [0.15, 0.2) is 0 Å². The van der Waals surface area contributed by atoms with Crippen molar-refractivity contribution in [3.05, 3.63) is 21.9 Å². The molecule has 1 amide bonds. The van der Waals surface area contributed by atoms with Gasteiger partial charge in [0.25, 0.3) is 0 Å². The summed E-state index contributed by atoms with van der Waals surface area (Å²) in [7, 11) is 0. The zero-order valence-electron chi connectivity index (χ0n) is 10.3. The van der Waals surface area contributed by atoms with Gasteiger partial charge in [-0.3, -0.25) is 9.69 Å². The molecule has 1 N–H and O–H groups in total. The fraction of sp³-hybridized carbons (Fsp3) is 0.500. The monoisotopic (exact) mass is 268 g/mol. The Bertz CT molecular complexity index is 450. The van der Waals surface area contributed by atoms with Crippen molar-refractivity contribution >= 4 is 23.2 Å². The molecule has 0 spiro atoms. The number of thiophene rings is 1. The molecule has 1 aromatic rings. The van der Waals surface area contributed by atoms with E-state index in [-0.39, 0.29) is 5.91 Å². The Balaban J connectivity index is 1.87. The average molecular weight is 268 g/mol. The number of carbonyl (C=O) groups excluding carboxylic acids is 1. The van der Waals surface area contributed by atoms with Crippen LogP contribution in [0.3, 0.4) is 0 Å². The Morgan fingerprint density at radius 1 is 1.28 bits per heavy atom. The molecular formula is C12H16N2O3S. The third kappa shape index (κ3) is 3.08. The van der Waals surface area contributed by atoms with Gasteiger partial charge in [-0.2, -0.15) is 0 Å². The smallest absolute Gasteiger partial charge is 0.345 e. The fourth-order valence-electron chi connectivity index (χ4n) is 2.02. The van der Waals surface area contributed by atoms with Crippen LogP contribution < -0.4 is 0 Å². The SMILES string of the molecule is CC(=O)N1CCN(Cc2ccc(C(=O)O)s2)CC1.